The molecule has 0 saturated heterocycles. The fourth-order valence-corrected chi connectivity index (χ4v) is 5.24. The molecule has 0 saturated carbocycles. The molecule has 0 aromatic carbocycles. The van der Waals surface area contributed by atoms with Gasteiger partial charge in [0.15, 0.2) is 0 Å². The summed E-state index contributed by atoms with van der Waals surface area (Å²) in [4.78, 5) is 34.0. The summed E-state index contributed by atoms with van der Waals surface area (Å²) in [6, 6.07) is -1.03. The molecule has 8 nitrogen and oxygen atoms in total. The highest BCUT2D eigenvalue weighted by atomic mass is 16.5. The number of unbranched alkanes of at least 4 members (excludes halogenated alkanes) is 1. The molecule has 0 aliphatic heterocycles. The van der Waals surface area contributed by atoms with E-state index in [1.165, 1.54) is 25.7 Å². The van der Waals surface area contributed by atoms with Gasteiger partial charge in [0.1, 0.15) is 12.1 Å². The zero-order chi connectivity index (χ0) is 48.9. The van der Waals surface area contributed by atoms with Crippen molar-refractivity contribution in [2.75, 3.05) is 19.8 Å². The Balaban J connectivity index is -0.000000158. The number of rotatable bonds is 16. The number of carbonyl (C=O) groups is 3. The highest BCUT2D eigenvalue weighted by molar-refractivity contribution is 5.76. The quantitative estimate of drug-likeness (QED) is 0.0890. The Morgan fingerprint density at radius 3 is 0.951 bits per heavy atom. The summed E-state index contributed by atoms with van der Waals surface area (Å²) in [5.74, 6) is 0.319. The van der Waals surface area contributed by atoms with Gasteiger partial charge >= 0.3 is 17.9 Å². The highest BCUT2D eigenvalue weighted by Crippen LogP contribution is 2.24. The molecule has 0 amide bonds. The van der Waals surface area contributed by atoms with Crippen molar-refractivity contribution in [1.82, 2.24) is 0 Å². The average Bonchev–Trinajstić information content (AvgIpc) is 3.03. The molecule has 0 aliphatic rings. The Bertz CT molecular complexity index is 1060. The maximum Gasteiger partial charge on any atom is 0.323 e. The van der Waals surface area contributed by atoms with Crippen LogP contribution in [-0.4, -0.2) is 49.8 Å². The van der Waals surface area contributed by atoms with Gasteiger partial charge in [0, 0.05) is 0 Å². The number of hydrogen-bond acceptors (Lipinski definition) is 8. The Morgan fingerprint density at radius 1 is 0.459 bits per heavy atom. The van der Waals surface area contributed by atoms with Gasteiger partial charge in [-0.05, 0) is 95.7 Å². The van der Waals surface area contributed by atoms with Crippen molar-refractivity contribution in [1.29, 1.82) is 0 Å². The van der Waals surface area contributed by atoms with Crippen LogP contribution in [0.3, 0.4) is 0 Å². The van der Waals surface area contributed by atoms with E-state index in [1.54, 1.807) is 0 Å². The van der Waals surface area contributed by atoms with Crippen molar-refractivity contribution >= 4 is 17.9 Å². The lowest BCUT2D eigenvalue weighted by atomic mass is 9.86. The van der Waals surface area contributed by atoms with Crippen molar-refractivity contribution in [2.45, 2.75) is 257 Å². The molecule has 0 aliphatic carbocycles. The van der Waals surface area contributed by atoms with Gasteiger partial charge < -0.3 is 25.7 Å². The first-order valence-electron chi connectivity index (χ1n) is 23.6. The molecule has 8 heteroatoms. The van der Waals surface area contributed by atoms with Crippen LogP contribution in [0.5, 0.6) is 0 Å². The molecule has 0 spiro atoms. The number of hydrogen-bond donors (Lipinski definition) is 2. The number of ether oxygens (including phenoxy) is 3. The van der Waals surface area contributed by atoms with Crippen LogP contribution in [0.1, 0.15) is 245 Å². The fourth-order valence-electron chi connectivity index (χ4n) is 5.24. The van der Waals surface area contributed by atoms with Gasteiger partial charge in [-0.2, -0.15) is 0 Å². The lowest BCUT2D eigenvalue weighted by Gasteiger charge is -2.25. The van der Waals surface area contributed by atoms with Crippen molar-refractivity contribution in [2.24, 2.45) is 61.7 Å². The third-order valence-electron chi connectivity index (χ3n) is 8.90. The van der Waals surface area contributed by atoms with E-state index in [0.717, 1.165) is 44.4 Å². The second kappa shape index (κ2) is 34.7. The summed E-state index contributed by atoms with van der Waals surface area (Å²) in [6.45, 7) is 55.0. The monoisotopic (exact) mass is 875 g/mol. The largest absolute Gasteiger partial charge is 0.465 e. The highest BCUT2D eigenvalue weighted by Gasteiger charge is 2.28. The Hall–Kier alpha value is -1.67. The maximum atomic E-state index is 11.6. The predicted molar refractivity (Wildman–Crippen MR) is 269 cm³/mol. The summed E-state index contributed by atoms with van der Waals surface area (Å²) in [5, 5.41) is 0. The summed E-state index contributed by atoms with van der Waals surface area (Å²) >= 11 is 0. The van der Waals surface area contributed by atoms with E-state index in [2.05, 4.69) is 125 Å². The molecule has 61 heavy (non-hydrogen) atoms. The summed E-state index contributed by atoms with van der Waals surface area (Å²) in [5.41, 5.74) is 13.2. The van der Waals surface area contributed by atoms with Gasteiger partial charge in [-0.25, -0.2) is 0 Å². The Labute approximate surface area is 383 Å². The second-order valence-corrected chi connectivity index (χ2v) is 25.1. The third kappa shape index (κ3) is 62.7. The van der Waals surface area contributed by atoms with E-state index in [0.29, 0.717) is 46.9 Å². The number of carbonyl (C=O) groups excluding carboxylic acids is 3. The molecular formula is C53H114N2O6. The van der Waals surface area contributed by atoms with Gasteiger partial charge in [0.2, 0.25) is 0 Å². The average molecular weight is 876 g/mol. The summed E-state index contributed by atoms with van der Waals surface area (Å²) in [7, 11) is 0. The third-order valence-corrected chi connectivity index (χ3v) is 8.90. The van der Waals surface area contributed by atoms with Crippen LogP contribution >= 0.6 is 0 Å². The first-order valence-corrected chi connectivity index (χ1v) is 23.6. The molecule has 4 N–H and O–H groups in total. The molecule has 0 bridgehead atoms. The van der Waals surface area contributed by atoms with E-state index in [1.807, 2.05) is 48.5 Å². The zero-order valence-corrected chi connectivity index (χ0v) is 45.2. The van der Waals surface area contributed by atoms with E-state index in [4.69, 9.17) is 25.7 Å². The van der Waals surface area contributed by atoms with Crippen molar-refractivity contribution in [3.8, 4) is 0 Å². The van der Waals surface area contributed by atoms with Crippen LogP contribution in [0.25, 0.3) is 0 Å². The van der Waals surface area contributed by atoms with Gasteiger partial charge in [-0.1, -0.05) is 193 Å². The molecule has 2 atom stereocenters. The number of nitrogens with two attached hydrogens (primary N) is 2. The predicted octanol–water partition coefficient (Wildman–Crippen LogP) is 15.0. The van der Waals surface area contributed by atoms with Crippen LogP contribution in [0, 0.1) is 50.2 Å². The first-order chi connectivity index (χ1) is 26.6. The summed E-state index contributed by atoms with van der Waals surface area (Å²) in [6.07, 6.45) is 11.4. The SMILES string of the molecule is C.CC(C)(C)CCCOC(=O)C(N)C(C)(C)C.CC(C)C(=O)OCCCC(C)(C)C.CC(C)C(N)C(=O)OCCCC(C)(C)C.CC(C)CC(C)(C)C.CCCCC(C)(C)C. The van der Waals surface area contributed by atoms with Gasteiger partial charge in [-0.15, -0.1) is 0 Å². The van der Waals surface area contributed by atoms with Crippen LogP contribution in [-0.2, 0) is 28.6 Å². The van der Waals surface area contributed by atoms with Crippen molar-refractivity contribution < 1.29 is 28.6 Å². The van der Waals surface area contributed by atoms with E-state index in [9.17, 15) is 14.4 Å². The van der Waals surface area contributed by atoms with Crippen LogP contribution in [0.15, 0.2) is 0 Å². The topological polar surface area (TPSA) is 131 Å². The van der Waals surface area contributed by atoms with Crippen LogP contribution in [0.2, 0.25) is 0 Å². The van der Waals surface area contributed by atoms with Crippen molar-refractivity contribution in [3.63, 3.8) is 0 Å². The molecule has 0 fully saturated rings. The van der Waals surface area contributed by atoms with Crippen LogP contribution < -0.4 is 11.5 Å². The standard InChI is InChI=1S/C13H27NO2.C12H25NO2.C11H22O2.2C8H18.CH4/c1-12(2,3)8-7-9-16-11(15)10(14)13(4,5)6;1-9(2)10(13)11(14)15-8-6-7-12(3,4)5;1-9(2)10(12)13-8-6-7-11(3,4)5;1-7(2)6-8(3,4)5;1-5-6-7-8(2,3)4;/h10H,7-9,14H2,1-6H3;9-10H,6-8,13H2,1-5H3;9H,6-8H2,1-5H3;7H,6H2,1-5H3;5-7H2,1-4H3;1H4. The molecule has 0 aromatic rings. The van der Waals surface area contributed by atoms with E-state index in [-0.39, 0.29) is 42.6 Å². The minimum absolute atomic E-state index is 0. The minimum Gasteiger partial charge on any atom is -0.465 e. The van der Waals surface area contributed by atoms with Crippen molar-refractivity contribution in [3.05, 3.63) is 0 Å². The maximum absolute atomic E-state index is 11.6. The first kappa shape index (κ1) is 71.0. The lowest BCUT2D eigenvalue weighted by Crippen LogP contribution is -2.43. The van der Waals surface area contributed by atoms with Gasteiger partial charge in [-0.3, -0.25) is 14.4 Å². The lowest BCUT2D eigenvalue weighted by molar-refractivity contribution is -0.148. The van der Waals surface area contributed by atoms with E-state index < -0.39 is 12.1 Å². The van der Waals surface area contributed by atoms with Crippen LogP contribution in [0.4, 0.5) is 0 Å². The van der Waals surface area contributed by atoms with E-state index >= 15 is 0 Å². The molecule has 0 aromatic heterocycles. The molecule has 0 heterocycles. The molecule has 2 unspecified atom stereocenters. The Kier molecular flexibility index (Phi) is 40.4. The normalized spacial score (nSPS) is 13.1. The minimum atomic E-state index is -0.540. The fraction of sp³-hybridized carbons (Fsp3) is 0.943. The Morgan fingerprint density at radius 2 is 0.754 bits per heavy atom. The molecular weight excluding hydrogens is 761 g/mol. The summed E-state index contributed by atoms with van der Waals surface area (Å²) < 4.78 is 15.3. The molecule has 372 valence electrons. The molecule has 0 radical (unpaired) electrons. The zero-order valence-electron chi connectivity index (χ0n) is 45.2. The smallest absolute Gasteiger partial charge is 0.323 e. The van der Waals surface area contributed by atoms with Gasteiger partial charge in [0.25, 0.3) is 0 Å². The second-order valence-electron chi connectivity index (χ2n) is 25.1. The molecule has 0 rings (SSSR count). The number of esters is 3. The van der Waals surface area contributed by atoms with Gasteiger partial charge in [0.05, 0.1) is 25.7 Å².